The third kappa shape index (κ3) is 8.33. The van der Waals surface area contributed by atoms with E-state index in [4.69, 9.17) is 14.2 Å². The number of ether oxygens (including phenoxy) is 3. The number of rotatable bonds is 14. The zero-order chi connectivity index (χ0) is 31.8. The molecule has 1 aliphatic carbocycles. The van der Waals surface area contributed by atoms with Gasteiger partial charge in [-0.15, -0.1) is 0 Å². The van der Waals surface area contributed by atoms with Gasteiger partial charge in [-0.1, -0.05) is 84.9 Å². The predicted octanol–water partition coefficient (Wildman–Crippen LogP) is 0.920. The predicted molar refractivity (Wildman–Crippen MR) is 162 cm³/mol. The number of amides is 2. The van der Waals surface area contributed by atoms with E-state index in [1.807, 2.05) is 36.4 Å². The number of aliphatic hydroxyl groups is 4. The van der Waals surface area contributed by atoms with Crippen molar-refractivity contribution >= 4 is 11.8 Å². The Morgan fingerprint density at radius 1 is 0.800 bits per heavy atom. The Morgan fingerprint density at radius 3 is 1.89 bits per heavy atom. The molecular formula is C34H40N2O9. The summed E-state index contributed by atoms with van der Waals surface area (Å²) in [6.07, 6.45) is -7.64. The lowest BCUT2D eigenvalue weighted by Crippen LogP contribution is -2.57. The van der Waals surface area contributed by atoms with Crippen LogP contribution in [0.5, 0.6) is 0 Å². The second kappa shape index (κ2) is 15.5. The summed E-state index contributed by atoms with van der Waals surface area (Å²) in [5.74, 6) is -1.48. The largest absolute Gasteiger partial charge is 0.394 e. The molecule has 0 spiro atoms. The quantitative estimate of drug-likeness (QED) is 0.154. The van der Waals surface area contributed by atoms with E-state index in [1.54, 1.807) is 48.5 Å². The Hall–Kier alpha value is -3.68. The van der Waals surface area contributed by atoms with Gasteiger partial charge in [-0.2, -0.15) is 0 Å². The normalized spacial score (nSPS) is 23.5. The highest BCUT2D eigenvalue weighted by Gasteiger charge is 2.43. The van der Waals surface area contributed by atoms with Crippen LogP contribution in [0.1, 0.15) is 34.7 Å². The molecule has 2 aliphatic rings. The maximum Gasteiger partial charge on any atom is 0.252 e. The highest BCUT2D eigenvalue weighted by atomic mass is 16.5. The molecule has 5 rings (SSSR count). The van der Waals surface area contributed by atoms with Crippen LogP contribution in [0.4, 0.5) is 0 Å². The van der Waals surface area contributed by atoms with Gasteiger partial charge in [-0.3, -0.25) is 9.59 Å². The summed E-state index contributed by atoms with van der Waals surface area (Å²) in [4.78, 5) is 27.2. The number of hydrogen-bond donors (Lipinski definition) is 6. The number of carbonyl (C=O) groups excluding carboxylic acids is 2. The summed E-state index contributed by atoms with van der Waals surface area (Å²) in [6, 6.07) is 24.2. The molecule has 11 heteroatoms. The van der Waals surface area contributed by atoms with E-state index < -0.39 is 60.5 Å². The van der Waals surface area contributed by atoms with Crippen LogP contribution < -0.4 is 10.6 Å². The lowest BCUT2D eigenvalue weighted by Gasteiger charge is -2.32. The summed E-state index contributed by atoms with van der Waals surface area (Å²) in [6.45, 7) is -0.166. The average molecular weight is 621 g/mol. The highest BCUT2D eigenvalue weighted by Crippen LogP contribution is 2.31. The van der Waals surface area contributed by atoms with Crippen LogP contribution in [0, 0.1) is 0 Å². The molecule has 1 fully saturated rings. The second-order valence-electron chi connectivity index (χ2n) is 11.5. The third-order valence-electron chi connectivity index (χ3n) is 8.16. The first-order valence-electron chi connectivity index (χ1n) is 15.1. The van der Waals surface area contributed by atoms with Crippen molar-refractivity contribution in [2.75, 3.05) is 13.2 Å². The molecule has 11 nitrogen and oxygen atoms in total. The zero-order valence-electron chi connectivity index (χ0n) is 24.8. The summed E-state index contributed by atoms with van der Waals surface area (Å²) in [5.41, 5.74) is 3.09. The molecular weight excluding hydrogens is 580 g/mol. The minimum atomic E-state index is -1.90. The first kappa shape index (κ1) is 32.7. The van der Waals surface area contributed by atoms with Crippen LogP contribution >= 0.6 is 0 Å². The lowest BCUT2D eigenvalue weighted by atomic mass is 9.99. The Bertz CT molecular complexity index is 1390. The van der Waals surface area contributed by atoms with E-state index in [2.05, 4.69) is 10.6 Å². The molecule has 1 saturated heterocycles. The van der Waals surface area contributed by atoms with Crippen LogP contribution in [-0.4, -0.2) is 88.1 Å². The van der Waals surface area contributed by atoms with Gasteiger partial charge in [0.05, 0.1) is 50.7 Å². The van der Waals surface area contributed by atoms with Gasteiger partial charge < -0.3 is 45.3 Å². The van der Waals surface area contributed by atoms with Crippen LogP contribution in [0.25, 0.3) is 0 Å². The van der Waals surface area contributed by atoms with E-state index in [-0.39, 0.29) is 26.4 Å². The van der Waals surface area contributed by atoms with Crippen molar-refractivity contribution in [1.29, 1.82) is 0 Å². The van der Waals surface area contributed by atoms with Crippen LogP contribution in [0.3, 0.4) is 0 Å². The summed E-state index contributed by atoms with van der Waals surface area (Å²) in [5, 5.41) is 48.7. The van der Waals surface area contributed by atoms with Crippen molar-refractivity contribution in [3.63, 3.8) is 0 Å². The van der Waals surface area contributed by atoms with Gasteiger partial charge in [-0.05, 0) is 28.7 Å². The standard InChI is InChI=1S/C34H40N2O9/c37-17-25-16-24(20-43-25)35-33(41)31(44-18-21-9-3-1-4-10-21)29(39)30(40)32(45-19-22-11-5-2-6-12-22)34(42)36-28-26-14-8-7-13-23(26)15-27(28)38/h1-14,24-25,27-32,37-40H,15-20H2,(H,35,41)(H,36,42)/t24?,25?,27-,28+,29-,30-,31-,32-/m1/s1. The van der Waals surface area contributed by atoms with Gasteiger partial charge >= 0.3 is 0 Å². The molecule has 1 aliphatic heterocycles. The summed E-state index contributed by atoms with van der Waals surface area (Å²) in [7, 11) is 0. The molecule has 3 aromatic rings. The van der Waals surface area contributed by atoms with Gasteiger partial charge in [0, 0.05) is 6.42 Å². The number of aliphatic hydroxyl groups excluding tert-OH is 4. The minimum Gasteiger partial charge on any atom is -0.394 e. The van der Waals surface area contributed by atoms with Crippen LogP contribution in [0.2, 0.25) is 0 Å². The summed E-state index contributed by atoms with van der Waals surface area (Å²) >= 11 is 0. The molecule has 0 saturated carbocycles. The Balaban J connectivity index is 1.36. The fourth-order valence-electron chi connectivity index (χ4n) is 5.74. The van der Waals surface area contributed by atoms with Crippen molar-refractivity contribution in [2.45, 2.75) is 74.8 Å². The van der Waals surface area contributed by atoms with E-state index in [9.17, 15) is 30.0 Å². The molecule has 0 aromatic heterocycles. The molecule has 1 heterocycles. The molecule has 45 heavy (non-hydrogen) atoms. The average Bonchev–Trinajstić information content (AvgIpc) is 3.65. The van der Waals surface area contributed by atoms with E-state index in [1.165, 1.54) is 0 Å². The fraction of sp³-hybridized carbons (Fsp3) is 0.412. The first-order chi connectivity index (χ1) is 21.8. The van der Waals surface area contributed by atoms with Crippen molar-refractivity contribution < 1.29 is 44.2 Å². The van der Waals surface area contributed by atoms with Crippen molar-refractivity contribution in [2.24, 2.45) is 0 Å². The highest BCUT2D eigenvalue weighted by molar-refractivity contribution is 5.84. The van der Waals surface area contributed by atoms with Crippen molar-refractivity contribution in [1.82, 2.24) is 10.6 Å². The van der Waals surface area contributed by atoms with Gasteiger partial charge in [0.2, 0.25) is 0 Å². The van der Waals surface area contributed by atoms with Gasteiger partial charge in [0.25, 0.3) is 11.8 Å². The smallest absolute Gasteiger partial charge is 0.252 e. The Morgan fingerprint density at radius 2 is 1.33 bits per heavy atom. The number of benzene rings is 3. The molecule has 2 unspecified atom stereocenters. The number of hydrogen-bond acceptors (Lipinski definition) is 9. The molecule has 6 N–H and O–H groups in total. The topological polar surface area (TPSA) is 167 Å². The maximum atomic E-state index is 13.7. The molecule has 3 aromatic carbocycles. The Kier molecular flexibility index (Phi) is 11.3. The van der Waals surface area contributed by atoms with E-state index in [0.717, 1.165) is 22.3 Å². The molecule has 0 radical (unpaired) electrons. The summed E-state index contributed by atoms with van der Waals surface area (Å²) < 4.78 is 17.3. The Labute approximate surface area is 261 Å². The number of carbonyl (C=O) groups is 2. The maximum absolute atomic E-state index is 13.7. The van der Waals surface area contributed by atoms with E-state index >= 15 is 0 Å². The number of fused-ring (bicyclic) bond motifs is 1. The fourth-order valence-corrected chi connectivity index (χ4v) is 5.74. The molecule has 2 amide bonds. The third-order valence-corrected chi connectivity index (χ3v) is 8.16. The van der Waals surface area contributed by atoms with Crippen molar-refractivity contribution in [3.8, 4) is 0 Å². The van der Waals surface area contributed by atoms with Crippen LogP contribution in [0.15, 0.2) is 84.9 Å². The molecule has 240 valence electrons. The molecule has 8 atom stereocenters. The first-order valence-corrected chi connectivity index (χ1v) is 15.1. The lowest BCUT2D eigenvalue weighted by molar-refractivity contribution is -0.171. The minimum absolute atomic E-state index is 0.0596. The van der Waals surface area contributed by atoms with Crippen LogP contribution in [-0.2, 0) is 43.4 Å². The zero-order valence-corrected chi connectivity index (χ0v) is 24.8. The monoisotopic (exact) mass is 620 g/mol. The van der Waals surface area contributed by atoms with E-state index in [0.29, 0.717) is 12.8 Å². The molecule has 0 bridgehead atoms. The number of nitrogens with one attached hydrogen (secondary N) is 2. The van der Waals surface area contributed by atoms with Gasteiger partial charge in [0.15, 0.2) is 12.2 Å². The van der Waals surface area contributed by atoms with Gasteiger partial charge in [-0.25, -0.2) is 0 Å². The van der Waals surface area contributed by atoms with Crippen molar-refractivity contribution in [3.05, 3.63) is 107 Å². The SMILES string of the molecule is O=C(NC1COC(CO)C1)[C@H](OCc1ccccc1)[C@H](O)[C@@H](O)[C@@H](OCc1ccccc1)C(=O)N[C@H]1c2ccccc2C[C@H]1O. The van der Waals surface area contributed by atoms with Gasteiger partial charge in [0.1, 0.15) is 12.2 Å². The second-order valence-corrected chi connectivity index (χ2v) is 11.5.